The maximum atomic E-state index is 9.92. The number of hydrogen-bond acceptors (Lipinski definition) is 4. The Morgan fingerprint density at radius 3 is 2.95 bits per heavy atom. The lowest BCUT2D eigenvalue weighted by molar-refractivity contribution is -0.0246. The van der Waals surface area contributed by atoms with Gasteiger partial charge in [0.15, 0.2) is 0 Å². The van der Waals surface area contributed by atoms with E-state index in [4.69, 9.17) is 4.74 Å². The van der Waals surface area contributed by atoms with Crippen LogP contribution in [0.1, 0.15) is 18.4 Å². The molecular formula is C16H21NO2S. The summed E-state index contributed by atoms with van der Waals surface area (Å²) in [6.07, 6.45) is 2.73. The largest absolute Gasteiger partial charge is 0.387 e. The lowest BCUT2D eigenvalue weighted by Crippen LogP contribution is -2.59. The van der Waals surface area contributed by atoms with Crippen LogP contribution in [0, 0.1) is 0 Å². The summed E-state index contributed by atoms with van der Waals surface area (Å²) in [6.45, 7) is 2.96. The van der Waals surface area contributed by atoms with Crippen molar-refractivity contribution in [1.82, 2.24) is 5.32 Å². The van der Waals surface area contributed by atoms with Crippen molar-refractivity contribution < 1.29 is 9.84 Å². The van der Waals surface area contributed by atoms with Gasteiger partial charge in [0.25, 0.3) is 0 Å². The van der Waals surface area contributed by atoms with Gasteiger partial charge in [0, 0.05) is 24.4 Å². The van der Waals surface area contributed by atoms with Gasteiger partial charge in [-0.3, -0.25) is 0 Å². The summed E-state index contributed by atoms with van der Waals surface area (Å²) in [6, 6.07) is 8.62. The van der Waals surface area contributed by atoms with Crippen LogP contribution in [0.4, 0.5) is 0 Å². The van der Waals surface area contributed by atoms with Crippen molar-refractivity contribution in [3.05, 3.63) is 35.2 Å². The fourth-order valence-corrected chi connectivity index (χ4v) is 3.57. The first-order valence-electron chi connectivity index (χ1n) is 7.23. The molecule has 1 aromatic heterocycles. The number of β-amino-alcohol motifs (C(OH)–C–C–N with tert-alkyl or cyclic N) is 1. The molecule has 1 aliphatic heterocycles. The molecule has 1 aliphatic rings. The first-order chi connectivity index (χ1) is 9.77. The first kappa shape index (κ1) is 14.0. The monoisotopic (exact) mass is 291 g/mol. The van der Waals surface area contributed by atoms with Crippen LogP contribution in [0.15, 0.2) is 29.6 Å². The van der Waals surface area contributed by atoms with E-state index in [0.29, 0.717) is 0 Å². The zero-order chi connectivity index (χ0) is 13.8. The number of nitrogens with one attached hydrogen (secondary N) is 1. The molecule has 1 saturated heterocycles. The fraction of sp³-hybridized carbons (Fsp3) is 0.500. The second kappa shape index (κ2) is 6.22. The number of aliphatic hydroxyl groups is 1. The second-order valence-electron chi connectivity index (χ2n) is 5.55. The van der Waals surface area contributed by atoms with Crippen molar-refractivity contribution in [3.63, 3.8) is 0 Å². The van der Waals surface area contributed by atoms with Crippen molar-refractivity contribution in [2.45, 2.75) is 24.9 Å². The second-order valence-corrected chi connectivity index (χ2v) is 6.47. The van der Waals surface area contributed by atoms with Crippen LogP contribution in [-0.4, -0.2) is 37.0 Å². The predicted molar refractivity (Wildman–Crippen MR) is 83.4 cm³/mol. The average molecular weight is 291 g/mol. The molecule has 0 unspecified atom stereocenters. The molecule has 20 heavy (non-hydrogen) atoms. The molecular weight excluding hydrogens is 270 g/mol. The summed E-state index contributed by atoms with van der Waals surface area (Å²) in [5, 5.41) is 16.5. The van der Waals surface area contributed by atoms with Crippen molar-refractivity contribution in [2.24, 2.45) is 0 Å². The Balaban J connectivity index is 1.38. The molecule has 2 aromatic rings. The van der Waals surface area contributed by atoms with Gasteiger partial charge in [0.05, 0.1) is 12.2 Å². The minimum absolute atomic E-state index is 0.466. The van der Waals surface area contributed by atoms with Crippen LogP contribution < -0.4 is 5.32 Å². The van der Waals surface area contributed by atoms with E-state index in [1.54, 1.807) is 11.3 Å². The zero-order valence-electron chi connectivity index (χ0n) is 11.6. The molecule has 2 heterocycles. The third kappa shape index (κ3) is 3.20. The predicted octanol–water partition coefficient (Wildman–Crippen LogP) is 2.57. The van der Waals surface area contributed by atoms with Crippen LogP contribution in [0.3, 0.4) is 0 Å². The minimum Gasteiger partial charge on any atom is -0.387 e. The molecule has 0 radical (unpaired) electrons. The average Bonchev–Trinajstić information content (AvgIpc) is 2.89. The lowest BCUT2D eigenvalue weighted by atomic mass is 9.92. The Kier molecular flexibility index (Phi) is 4.36. The van der Waals surface area contributed by atoms with Gasteiger partial charge in [0.2, 0.25) is 0 Å². The highest BCUT2D eigenvalue weighted by Gasteiger charge is 2.33. The maximum absolute atomic E-state index is 9.92. The number of rotatable bonds is 7. The van der Waals surface area contributed by atoms with Gasteiger partial charge in [-0.25, -0.2) is 0 Å². The van der Waals surface area contributed by atoms with Crippen molar-refractivity contribution >= 4 is 21.4 Å². The highest BCUT2D eigenvalue weighted by Crippen LogP contribution is 2.25. The van der Waals surface area contributed by atoms with Crippen molar-refractivity contribution in [3.8, 4) is 0 Å². The highest BCUT2D eigenvalue weighted by atomic mass is 32.1. The van der Waals surface area contributed by atoms with Gasteiger partial charge < -0.3 is 15.2 Å². The summed E-state index contributed by atoms with van der Waals surface area (Å²) < 4.78 is 7.08. The van der Waals surface area contributed by atoms with Gasteiger partial charge >= 0.3 is 0 Å². The van der Waals surface area contributed by atoms with Crippen LogP contribution in [0.25, 0.3) is 10.1 Å². The maximum Gasteiger partial charge on any atom is 0.0895 e. The molecule has 1 aromatic carbocycles. The van der Waals surface area contributed by atoms with Gasteiger partial charge in [-0.15, -0.1) is 11.3 Å². The summed E-state index contributed by atoms with van der Waals surface area (Å²) in [7, 11) is 0. The molecule has 0 atom stereocenters. The summed E-state index contributed by atoms with van der Waals surface area (Å²) in [5.41, 5.74) is 0.908. The number of fused-ring (bicyclic) bond motifs is 1. The highest BCUT2D eigenvalue weighted by molar-refractivity contribution is 7.17. The Bertz CT molecular complexity index is 562. The first-order valence-corrected chi connectivity index (χ1v) is 8.11. The van der Waals surface area contributed by atoms with E-state index >= 15 is 0 Å². The topological polar surface area (TPSA) is 41.5 Å². The molecule has 0 amide bonds. The van der Waals surface area contributed by atoms with Gasteiger partial charge in [-0.05, 0) is 41.7 Å². The van der Waals surface area contributed by atoms with Gasteiger partial charge in [-0.1, -0.05) is 18.2 Å². The molecule has 1 fully saturated rings. The molecule has 0 bridgehead atoms. The third-order valence-electron chi connectivity index (χ3n) is 3.92. The minimum atomic E-state index is -0.466. The number of hydrogen-bond donors (Lipinski definition) is 2. The van der Waals surface area contributed by atoms with E-state index in [2.05, 4.69) is 35.0 Å². The lowest BCUT2D eigenvalue weighted by Gasteiger charge is -2.37. The molecule has 0 aliphatic carbocycles. The van der Waals surface area contributed by atoms with E-state index in [1.807, 2.05) is 0 Å². The quantitative estimate of drug-likeness (QED) is 0.770. The van der Waals surface area contributed by atoms with Gasteiger partial charge in [0.1, 0.15) is 0 Å². The Hall–Kier alpha value is -0.940. The third-order valence-corrected chi connectivity index (χ3v) is 4.92. The smallest absolute Gasteiger partial charge is 0.0895 e. The molecule has 3 rings (SSSR count). The summed E-state index contributed by atoms with van der Waals surface area (Å²) in [4.78, 5) is 0. The van der Waals surface area contributed by atoms with Crippen LogP contribution >= 0.6 is 11.3 Å². The molecule has 0 saturated carbocycles. The zero-order valence-corrected chi connectivity index (χ0v) is 12.4. The fourth-order valence-electron chi connectivity index (χ4n) is 2.63. The Morgan fingerprint density at radius 2 is 2.15 bits per heavy atom. The standard InChI is InChI=1S/C16H21NO2S/c18-16(11-17-12-16)7-2-8-19-9-5-13-3-1-4-14-6-10-20-15(13)14/h1,3-4,6,10,17-18H,2,5,7-9,11-12H2. The van der Waals surface area contributed by atoms with E-state index in [0.717, 1.165) is 45.6 Å². The van der Waals surface area contributed by atoms with E-state index in [-0.39, 0.29) is 0 Å². The SMILES string of the molecule is OC1(CCCOCCc2cccc3ccsc23)CNC1. The van der Waals surface area contributed by atoms with Crippen LogP contribution in [0.2, 0.25) is 0 Å². The normalized spacial score (nSPS) is 17.2. The van der Waals surface area contributed by atoms with Gasteiger partial charge in [-0.2, -0.15) is 0 Å². The molecule has 3 nitrogen and oxygen atoms in total. The van der Waals surface area contributed by atoms with Crippen LogP contribution in [-0.2, 0) is 11.2 Å². The van der Waals surface area contributed by atoms with E-state index < -0.39 is 5.60 Å². The molecule has 108 valence electrons. The Labute approximate surface area is 123 Å². The van der Waals surface area contributed by atoms with E-state index in [9.17, 15) is 5.11 Å². The molecule has 2 N–H and O–H groups in total. The van der Waals surface area contributed by atoms with Crippen LogP contribution in [0.5, 0.6) is 0 Å². The van der Waals surface area contributed by atoms with E-state index in [1.165, 1.54) is 15.6 Å². The molecule has 0 spiro atoms. The number of benzene rings is 1. The number of ether oxygens (including phenoxy) is 1. The molecule has 4 heteroatoms. The number of thiophene rings is 1. The summed E-state index contributed by atoms with van der Waals surface area (Å²) >= 11 is 1.80. The van der Waals surface area contributed by atoms with Crippen molar-refractivity contribution in [2.75, 3.05) is 26.3 Å². The summed E-state index contributed by atoms with van der Waals surface area (Å²) in [5.74, 6) is 0. The van der Waals surface area contributed by atoms with Crippen molar-refractivity contribution in [1.29, 1.82) is 0 Å². The Morgan fingerprint density at radius 1 is 1.25 bits per heavy atom.